The van der Waals surface area contributed by atoms with Crippen molar-refractivity contribution in [1.29, 1.82) is 0 Å². The molecular weight excluding hydrogens is 216 g/mol. The molecule has 1 aromatic rings. The van der Waals surface area contributed by atoms with E-state index in [1.54, 1.807) is 6.33 Å². The zero-order chi connectivity index (χ0) is 12.5. The lowest BCUT2D eigenvalue weighted by atomic mass is 10.2. The number of rotatable bonds is 8. The van der Waals surface area contributed by atoms with Crippen LogP contribution in [-0.2, 0) is 11.2 Å². The first kappa shape index (κ1) is 13.7. The van der Waals surface area contributed by atoms with Gasteiger partial charge in [-0.05, 0) is 20.3 Å². The highest BCUT2D eigenvalue weighted by atomic mass is 16.5. The summed E-state index contributed by atoms with van der Waals surface area (Å²) in [6.45, 7) is 9.23. The predicted molar refractivity (Wildman–Crippen MR) is 70.6 cm³/mol. The molecule has 0 amide bonds. The second-order valence-corrected chi connectivity index (χ2v) is 3.56. The highest BCUT2D eigenvalue weighted by Gasteiger charge is 2.08. The SMILES string of the molecule is CCNc1ncnc(NCCOCC)c1CC. The fourth-order valence-corrected chi connectivity index (χ4v) is 1.61. The molecule has 0 radical (unpaired) electrons. The highest BCUT2D eigenvalue weighted by Crippen LogP contribution is 2.19. The Morgan fingerprint density at radius 1 is 1.12 bits per heavy atom. The standard InChI is InChI=1S/C12H22N4O/c1-4-10-11(13-5-2)15-9-16-12(10)14-7-8-17-6-3/h9H,4-8H2,1-3H3,(H2,13,14,15,16). The maximum Gasteiger partial charge on any atom is 0.134 e. The van der Waals surface area contributed by atoms with Gasteiger partial charge in [0.15, 0.2) is 0 Å². The number of aromatic nitrogens is 2. The maximum atomic E-state index is 5.28. The molecule has 5 heteroatoms. The third-order valence-electron chi connectivity index (χ3n) is 2.39. The van der Waals surface area contributed by atoms with Gasteiger partial charge >= 0.3 is 0 Å². The van der Waals surface area contributed by atoms with Crippen LogP contribution in [0.1, 0.15) is 26.3 Å². The van der Waals surface area contributed by atoms with Crippen molar-refractivity contribution in [3.63, 3.8) is 0 Å². The average Bonchev–Trinajstić information content (AvgIpc) is 2.35. The van der Waals surface area contributed by atoms with E-state index in [1.165, 1.54) is 0 Å². The minimum Gasteiger partial charge on any atom is -0.380 e. The molecule has 0 spiro atoms. The number of hydrogen-bond donors (Lipinski definition) is 2. The van der Waals surface area contributed by atoms with Crippen LogP contribution in [0.4, 0.5) is 11.6 Å². The Kier molecular flexibility index (Phi) is 6.32. The third kappa shape index (κ3) is 4.19. The van der Waals surface area contributed by atoms with Gasteiger partial charge < -0.3 is 15.4 Å². The highest BCUT2D eigenvalue weighted by molar-refractivity contribution is 5.57. The van der Waals surface area contributed by atoms with Crippen LogP contribution in [0, 0.1) is 0 Å². The molecule has 1 rings (SSSR count). The number of ether oxygens (including phenoxy) is 1. The minimum absolute atomic E-state index is 0.695. The van der Waals surface area contributed by atoms with Gasteiger partial charge in [-0.25, -0.2) is 9.97 Å². The van der Waals surface area contributed by atoms with E-state index in [4.69, 9.17) is 4.74 Å². The van der Waals surface area contributed by atoms with Gasteiger partial charge in [-0.1, -0.05) is 6.92 Å². The summed E-state index contributed by atoms with van der Waals surface area (Å²) >= 11 is 0. The molecule has 2 N–H and O–H groups in total. The van der Waals surface area contributed by atoms with E-state index < -0.39 is 0 Å². The van der Waals surface area contributed by atoms with Crippen molar-refractivity contribution in [2.75, 3.05) is 36.9 Å². The molecule has 5 nitrogen and oxygen atoms in total. The Hall–Kier alpha value is -1.36. The molecular formula is C12H22N4O. The molecule has 0 saturated carbocycles. The topological polar surface area (TPSA) is 59.1 Å². The van der Waals surface area contributed by atoms with E-state index in [0.717, 1.165) is 43.3 Å². The van der Waals surface area contributed by atoms with E-state index in [1.807, 2.05) is 6.92 Å². The summed E-state index contributed by atoms with van der Waals surface area (Å²) in [5.74, 6) is 1.82. The molecule has 0 aliphatic heterocycles. The van der Waals surface area contributed by atoms with Crippen molar-refractivity contribution in [2.45, 2.75) is 27.2 Å². The molecule has 0 aliphatic carbocycles. The van der Waals surface area contributed by atoms with Crippen LogP contribution in [0.25, 0.3) is 0 Å². The Balaban J connectivity index is 2.66. The van der Waals surface area contributed by atoms with Gasteiger partial charge in [-0.15, -0.1) is 0 Å². The first-order chi connectivity index (χ1) is 8.33. The maximum absolute atomic E-state index is 5.28. The molecule has 0 unspecified atom stereocenters. The minimum atomic E-state index is 0.695. The third-order valence-corrected chi connectivity index (χ3v) is 2.39. The van der Waals surface area contributed by atoms with Gasteiger partial charge in [0.25, 0.3) is 0 Å². The Labute approximate surface area is 103 Å². The second-order valence-electron chi connectivity index (χ2n) is 3.56. The molecule has 96 valence electrons. The molecule has 17 heavy (non-hydrogen) atoms. The van der Waals surface area contributed by atoms with Crippen LogP contribution in [0.5, 0.6) is 0 Å². The first-order valence-corrected chi connectivity index (χ1v) is 6.22. The fraction of sp³-hybridized carbons (Fsp3) is 0.667. The summed E-state index contributed by atoms with van der Waals surface area (Å²) in [4.78, 5) is 8.52. The molecule has 0 fully saturated rings. The largest absolute Gasteiger partial charge is 0.380 e. The number of nitrogens with zero attached hydrogens (tertiary/aromatic N) is 2. The van der Waals surface area contributed by atoms with Crippen molar-refractivity contribution in [3.8, 4) is 0 Å². The average molecular weight is 238 g/mol. The van der Waals surface area contributed by atoms with Gasteiger partial charge in [0.05, 0.1) is 6.61 Å². The molecule has 0 aromatic carbocycles. The van der Waals surface area contributed by atoms with Crippen LogP contribution < -0.4 is 10.6 Å². The molecule has 0 saturated heterocycles. The van der Waals surface area contributed by atoms with Crippen LogP contribution in [-0.4, -0.2) is 36.3 Å². The molecule has 1 heterocycles. The number of nitrogens with one attached hydrogen (secondary N) is 2. The molecule has 0 bridgehead atoms. The first-order valence-electron chi connectivity index (χ1n) is 6.22. The zero-order valence-corrected chi connectivity index (χ0v) is 10.9. The van der Waals surface area contributed by atoms with E-state index in [9.17, 15) is 0 Å². The van der Waals surface area contributed by atoms with Gasteiger partial charge in [0.2, 0.25) is 0 Å². The van der Waals surface area contributed by atoms with E-state index in [-0.39, 0.29) is 0 Å². The Morgan fingerprint density at radius 3 is 2.41 bits per heavy atom. The quantitative estimate of drug-likeness (QED) is 0.678. The van der Waals surface area contributed by atoms with Crippen LogP contribution in [0.2, 0.25) is 0 Å². The van der Waals surface area contributed by atoms with Crippen molar-refractivity contribution in [1.82, 2.24) is 9.97 Å². The normalized spacial score (nSPS) is 10.3. The van der Waals surface area contributed by atoms with Crippen molar-refractivity contribution >= 4 is 11.6 Å². The van der Waals surface area contributed by atoms with Crippen LogP contribution >= 0.6 is 0 Å². The molecule has 0 atom stereocenters. The predicted octanol–water partition coefficient (Wildman–Crippen LogP) is 1.92. The summed E-state index contributed by atoms with van der Waals surface area (Å²) in [6.07, 6.45) is 2.49. The van der Waals surface area contributed by atoms with Crippen molar-refractivity contribution in [2.24, 2.45) is 0 Å². The summed E-state index contributed by atoms with van der Waals surface area (Å²) in [5.41, 5.74) is 1.13. The number of hydrogen-bond acceptors (Lipinski definition) is 5. The smallest absolute Gasteiger partial charge is 0.134 e. The van der Waals surface area contributed by atoms with E-state index in [2.05, 4.69) is 34.4 Å². The van der Waals surface area contributed by atoms with Crippen LogP contribution in [0.15, 0.2) is 6.33 Å². The number of anilines is 2. The lowest BCUT2D eigenvalue weighted by Gasteiger charge is -2.13. The lowest BCUT2D eigenvalue weighted by Crippen LogP contribution is -2.13. The van der Waals surface area contributed by atoms with Crippen LogP contribution in [0.3, 0.4) is 0 Å². The van der Waals surface area contributed by atoms with Gasteiger partial charge in [0, 0.05) is 25.3 Å². The summed E-state index contributed by atoms with van der Waals surface area (Å²) < 4.78 is 5.28. The fourth-order valence-electron chi connectivity index (χ4n) is 1.61. The van der Waals surface area contributed by atoms with E-state index >= 15 is 0 Å². The summed E-state index contributed by atoms with van der Waals surface area (Å²) in [6, 6.07) is 0. The molecule has 1 aromatic heterocycles. The van der Waals surface area contributed by atoms with Gasteiger partial charge in [0.1, 0.15) is 18.0 Å². The Bertz CT molecular complexity index is 330. The molecule has 0 aliphatic rings. The van der Waals surface area contributed by atoms with Crippen molar-refractivity contribution in [3.05, 3.63) is 11.9 Å². The Morgan fingerprint density at radius 2 is 1.82 bits per heavy atom. The van der Waals surface area contributed by atoms with Crippen molar-refractivity contribution < 1.29 is 4.74 Å². The van der Waals surface area contributed by atoms with E-state index in [0.29, 0.717) is 6.61 Å². The monoisotopic (exact) mass is 238 g/mol. The summed E-state index contributed by atoms with van der Waals surface area (Å²) in [5, 5.41) is 6.53. The second kappa shape index (κ2) is 7.84. The van der Waals surface area contributed by atoms with Gasteiger partial charge in [-0.3, -0.25) is 0 Å². The lowest BCUT2D eigenvalue weighted by molar-refractivity contribution is 0.158. The summed E-state index contributed by atoms with van der Waals surface area (Å²) in [7, 11) is 0. The zero-order valence-electron chi connectivity index (χ0n) is 10.9. The van der Waals surface area contributed by atoms with Gasteiger partial charge in [-0.2, -0.15) is 0 Å².